The van der Waals surface area contributed by atoms with Gasteiger partial charge in [-0.2, -0.15) is 0 Å². The highest BCUT2D eigenvalue weighted by Crippen LogP contribution is 2.34. The summed E-state index contributed by atoms with van der Waals surface area (Å²) in [7, 11) is 0. The Bertz CT molecular complexity index is 170. The van der Waals surface area contributed by atoms with E-state index >= 15 is 0 Å². The Hall–Kier alpha value is -0.540. The van der Waals surface area contributed by atoms with Crippen molar-refractivity contribution in [2.45, 2.75) is 25.2 Å². The standard InChI is InChI=1S/C8H12O3/c1-7-6-10-8(11-7)4-2-3-5-9-8/h1-6H2. The van der Waals surface area contributed by atoms with Crippen molar-refractivity contribution >= 4 is 0 Å². The number of rotatable bonds is 0. The first-order valence-electron chi connectivity index (χ1n) is 3.95. The molecule has 0 radical (unpaired) electrons. The van der Waals surface area contributed by atoms with Gasteiger partial charge >= 0.3 is 5.97 Å². The summed E-state index contributed by atoms with van der Waals surface area (Å²) in [5.74, 6) is -0.0816. The molecular weight excluding hydrogens is 144 g/mol. The van der Waals surface area contributed by atoms with Crippen LogP contribution in [0.3, 0.4) is 0 Å². The minimum absolute atomic E-state index is 0.472. The van der Waals surface area contributed by atoms with Crippen LogP contribution in [0.4, 0.5) is 0 Å². The van der Waals surface area contributed by atoms with Crippen LogP contribution < -0.4 is 0 Å². The smallest absolute Gasteiger partial charge is 0.327 e. The van der Waals surface area contributed by atoms with Crippen LogP contribution in [0.2, 0.25) is 0 Å². The van der Waals surface area contributed by atoms with Crippen molar-refractivity contribution in [3.05, 3.63) is 12.3 Å². The van der Waals surface area contributed by atoms with Gasteiger partial charge in [0.25, 0.3) is 0 Å². The van der Waals surface area contributed by atoms with E-state index in [4.69, 9.17) is 14.2 Å². The zero-order valence-corrected chi connectivity index (χ0v) is 6.47. The van der Waals surface area contributed by atoms with Crippen molar-refractivity contribution in [2.75, 3.05) is 13.2 Å². The Labute approximate surface area is 65.9 Å². The summed E-state index contributed by atoms with van der Waals surface area (Å²) in [6.07, 6.45) is 3.03. The van der Waals surface area contributed by atoms with Crippen molar-refractivity contribution in [1.82, 2.24) is 0 Å². The minimum atomic E-state index is -0.755. The van der Waals surface area contributed by atoms with Crippen LogP contribution >= 0.6 is 0 Å². The summed E-state index contributed by atoms with van der Waals surface area (Å²) in [5.41, 5.74) is 0. The second-order valence-corrected chi connectivity index (χ2v) is 2.92. The average molecular weight is 156 g/mol. The van der Waals surface area contributed by atoms with E-state index in [9.17, 15) is 0 Å². The third-order valence-corrected chi connectivity index (χ3v) is 1.95. The fourth-order valence-electron chi connectivity index (χ4n) is 1.41. The highest BCUT2D eigenvalue weighted by Gasteiger charge is 2.41. The molecule has 0 aromatic carbocycles. The van der Waals surface area contributed by atoms with Gasteiger partial charge in [0.2, 0.25) is 0 Å². The summed E-state index contributed by atoms with van der Waals surface area (Å²) in [6, 6.07) is 0. The molecule has 2 aliphatic rings. The second-order valence-electron chi connectivity index (χ2n) is 2.92. The maximum absolute atomic E-state index is 5.39. The van der Waals surface area contributed by atoms with Gasteiger partial charge in [-0.25, -0.2) is 0 Å². The molecule has 2 heterocycles. The van der Waals surface area contributed by atoms with E-state index in [1.807, 2.05) is 0 Å². The first-order chi connectivity index (χ1) is 5.31. The van der Waals surface area contributed by atoms with E-state index in [0.29, 0.717) is 12.4 Å². The molecule has 11 heavy (non-hydrogen) atoms. The Morgan fingerprint density at radius 3 is 2.73 bits per heavy atom. The van der Waals surface area contributed by atoms with Gasteiger partial charge in [-0.1, -0.05) is 6.58 Å². The molecule has 1 atom stereocenters. The fourth-order valence-corrected chi connectivity index (χ4v) is 1.41. The van der Waals surface area contributed by atoms with E-state index in [-0.39, 0.29) is 0 Å². The molecule has 0 aromatic heterocycles. The second kappa shape index (κ2) is 2.50. The number of hydrogen-bond donors (Lipinski definition) is 0. The Morgan fingerprint density at radius 1 is 1.27 bits per heavy atom. The lowest BCUT2D eigenvalue weighted by molar-refractivity contribution is -0.340. The number of hydrogen-bond acceptors (Lipinski definition) is 3. The van der Waals surface area contributed by atoms with Gasteiger partial charge in [-0.15, -0.1) is 0 Å². The molecule has 2 saturated heterocycles. The van der Waals surface area contributed by atoms with Crippen LogP contribution in [-0.2, 0) is 14.2 Å². The average Bonchev–Trinajstić information content (AvgIpc) is 2.34. The van der Waals surface area contributed by atoms with E-state index in [0.717, 1.165) is 25.9 Å². The van der Waals surface area contributed by atoms with Crippen molar-refractivity contribution in [3.63, 3.8) is 0 Å². The topological polar surface area (TPSA) is 27.7 Å². The zero-order valence-electron chi connectivity index (χ0n) is 6.47. The molecule has 2 fully saturated rings. The molecule has 0 N–H and O–H groups in total. The third-order valence-electron chi connectivity index (χ3n) is 1.95. The SMILES string of the molecule is C=C1COC2(CCCCO2)O1. The van der Waals surface area contributed by atoms with Crippen LogP contribution in [0, 0.1) is 0 Å². The molecule has 1 unspecified atom stereocenters. The molecule has 0 saturated carbocycles. The van der Waals surface area contributed by atoms with Gasteiger partial charge in [-0.3, -0.25) is 0 Å². The van der Waals surface area contributed by atoms with E-state index in [2.05, 4.69) is 6.58 Å². The van der Waals surface area contributed by atoms with Crippen molar-refractivity contribution < 1.29 is 14.2 Å². The molecule has 1 spiro atoms. The van der Waals surface area contributed by atoms with Gasteiger partial charge in [0.15, 0.2) is 0 Å². The van der Waals surface area contributed by atoms with E-state index in [1.165, 1.54) is 0 Å². The largest absolute Gasteiger partial charge is 0.442 e. The highest BCUT2D eigenvalue weighted by molar-refractivity contribution is 4.90. The van der Waals surface area contributed by atoms with Crippen LogP contribution in [0.15, 0.2) is 12.3 Å². The van der Waals surface area contributed by atoms with Crippen LogP contribution in [-0.4, -0.2) is 19.2 Å². The lowest BCUT2D eigenvalue weighted by atomic mass is 10.2. The monoisotopic (exact) mass is 156 g/mol. The maximum Gasteiger partial charge on any atom is 0.327 e. The maximum atomic E-state index is 5.39. The molecule has 0 aromatic rings. The molecule has 0 bridgehead atoms. The summed E-state index contributed by atoms with van der Waals surface area (Å²) in [6.45, 7) is 4.88. The summed E-state index contributed by atoms with van der Waals surface area (Å²) in [4.78, 5) is 0. The van der Waals surface area contributed by atoms with Crippen LogP contribution in [0.5, 0.6) is 0 Å². The highest BCUT2D eigenvalue weighted by atomic mass is 16.9. The fraction of sp³-hybridized carbons (Fsp3) is 0.750. The number of ether oxygens (including phenoxy) is 3. The Balaban J connectivity index is 2.03. The molecule has 2 aliphatic heterocycles. The molecule has 3 heteroatoms. The first kappa shape index (κ1) is 7.13. The lowest BCUT2D eigenvalue weighted by Crippen LogP contribution is -2.36. The zero-order chi connectivity index (χ0) is 7.73. The molecule has 3 nitrogen and oxygen atoms in total. The minimum Gasteiger partial charge on any atom is -0.442 e. The molecular formula is C8H12O3. The van der Waals surface area contributed by atoms with Crippen molar-refractivity contribution in [3.8, 4) is 0 Å². The molecule has 0 aliphatic carbocycles. The van der Waals surface area contributed by atoms with E-state index < -0.39 is 5.97 Å². The Morgan fingerprint density at radius 2 is 2.18 bits per heavy atom. The predicted molar refractivity (Wildman–Crippen MR) is 38.7 cm³/mol. The van der Waals surface area contributed by atoms with Crippen LogP contribution in [0.25, 0.3) is 0 Å². The van der Waals surface area contributed by atoms with Gasteiger partial charge in [0.1, 0.15) is 12.4 Å². The van der Waals surface area contributed by atoms with Crippen molar-refractivity contribution in [1.29, 1.82) is 0 Å². The Kier molecular flexibility index (Phi) is 1.62. The molecule has 0 amide bonds. The van der Waals surface area contributed by atoms with Gasteiger partial charge in [-0.05, 0) is 12.8 Å². The van der Waals surface area contributed by atoms with Gasteiger partial charge in [0, 0.05) is 6.42 Å². The predicted octanol–water partition coefficient (Wildman–Crippen LogP) is 1.40. The lowest BCUT2D eigenvalue weighted by Gasteiger charge is -2.30. The van der Waals surface area contributed by atoms with Crippen LogP contribution in [0.1, 0.15) is 19.3 Å². The van der Waals surface area contributed by atoms with Gasteiger partial charge < -0.3 is 14.2 Å². The van der Waals surface area contributed by atoms with Crippen molar-refractivity contribution in [2.24, 2.45) is 0 Å². The quantitative estimate of drug-likeness (QED) is 0.530. The summed E-state index contributed by atoms with van der Waals surface area (Å²) >= 11 is 0. The summed E-state index contributed by atoms with van der Waals surface area (Å²) < 4.78 is 16.1. The summed E-state index contributed by atoms with van der Waals surface area (Å²) in [5, 5.41) is 0. The van der Waals surface area contributed by atoms with Gasteiger partial charge in [0.05, 0.1) is 6.61 Å². The first-order valence-corrected chi connectivity index (χ1v) is 3.95. The third kappa shape index (κ3) is 1.26. The van der Waals surface area contributed by atoms with E-state index in [1.54, 1.807) is 0 Å². The molecule has 2 rings (SSSR count). The normalized spacial score (nSPS) is 37.6. The molecule has 62 valence electrons.